The van der Waals surface area contributed by atoms with Crippen molar-refractivity contribution in [3.63, 3.8) is 0 Å². The van der Waals surface area contributed by atoms with Gasteiger partial charge in [-0.15, -0.1) is 11.3 Å². The molecule has 1 aliphatic rings. The number of alkyl halides is 3. The van der Waals surface area contributed by atoms with Crippen LogP contribution >= 0.6 is 11.3 Å². The highest BCUT2D eigenvalue weighted by atomic mass is 32.1. The molecule has 1 aromatic heterocycles. The minimum Gasteiger partial charge on any atom is -0.481 e. The Balaban J connectivity index is 0.000000396. The molecule has 160 valence electrons. The maximum Gasteiger partial charge on any atom is 0.490 e. The SMILES string of the molecule is N#Cc1csc(CN[C@@H](CC(=O)O)c2ccc3c(c2)OCO3)c1.O=C(O)C(F)(F)F. The quantitative estimate of drug-likeness (QED) is 0.619. The van der Waals surface area contributed by atoms with Crippen LogP contribution in [0.25, 0.3) is 0 Å². The molecule has 2 aromatic rings. The number of hydrogen-bond donors (Lipinski definition) is 3. The lowest BCUT2D eigenvalue weighted by molar-refractivity contribution is -0.192. The number of thiophene rings is 1. The lowest BCUT2D eigenvalue weighted by Crippen LogP contribution is -2.23. The molecule has 3 rings (SSSR count). The van der Waals surface area contributed by atoms with E-state index in [0.717, 1.165) is 10.4 Å². The van der Waals surface area contributed by atoms with Gasteiger partial charge < -0.3 is 25.0 Å². The van der Waals surface area contributed by atoms with Crippen molar-refractivity contribution >= 4 is 23.3 Å². The molecule has 1 aliphatic heterocycles. The van der Waals surface area contributed by atoms with Crippen LogP contribution in [0.15, 0.2) is 29.6 Å². The molecule has 0 saturated heterocycles. The van der Waals surface area contributed by atoms with Crippen LogP contribution < -0.4 is 14.8 Å². The Kier molecular flexibility index (Phi) is 7.62. The van der Waals surface area contributed by atoms with Gasteiger partial charge in [0.15, 0.2) is 11.5 Å². The molecule has 0 unspecified atom stereocenters. The topological polar surface area (TPSA) is 129 Å². The van der Waals surface area contributed by atoms with Crippen molar-refractivity contribution in [2.45, 2.75) is 25.2 Å². The van der Waals surface area contributed by atoms with E-state index >= 15 is 0 Å². The summed E-state index contributed by atoms with van der Waals surface area (Å²) in [4.78, 5) is 21.0. The number of nitrogens with zero attached hydrogens (tertiary/aromatic N) is 1. The Labute approximate surface area is 172 Å². The van der Waals surface area contributed by atoms with Crippen LogP contribution in [0.2, 0.25) is 0 Å². The van der Waals surface area contributed by atoms with Crippen LogP contribution in [0.5, 0.6) is 11.5 Å². The fourth-order valence-electron chi connectivity index (χ4n) is 2.37. The lowest BCUT2D eigenvalue weighted by Gasteiger charge is -2.17. The molecule has 0 aliphatic carbocycles. The number of benzene rings is 1. The average molecular weight is 444 g/mol. The number of hydrogen-bond acceptors (Lipinski definition) is 7. The second-order valence-corrected chi connectivity index (χ2v) is 6.86. The molecule has 0 radical (unpaired) electrons. The van der Waals surface area contributed by atoms with Gasteiger partial charge in [-0.25, -0.2) is 4.79 Å². The van der Waals surface area contributed by atoms with Gasteiger partial charge in [-0.05, 0) is 23.8 Å². The summed E-state index contributed by atoms with van der Waals surface area (Å²) in [5, 5.41) is 30.1. The van der Waals surface area contributed by atoms with E-state index in [1.807, 2.05) is 6.07 Å². The molecule has 0 fully saturated rings. The van der Waals surface area contributed by atoms with Crippen molar-refractivity contribution in [1.82, 2.24) is 5.32 Å². The largest absolute Gasteiger partial charge is 0.490 e. The van der Waals surface area contributed by atoms with E-state index in [9.17, 15) is 18.0 Å². The Morgan fingerprint density at radius 2 is 1.90 bits per heavy atom. The van der Waals surface area contributed by atoms with Crippen molar-refractivity contribution < 1.29 is 42.4 Å². The van der Waals surface area contributed by atoms with E-state index in [2.05, 4.69) is 11.4 Å². The Morgan fingerprint density at radius 1 is 1.23 bits per heavy atom. The summed E-state index contributed by atoms with van der Waals surface area (Å²) in [5.41, 5.74) is 1.44. The van der Waals surface area contributed by atoms with Crippen molar-refractivity contribution in [2.75, 3.05) is 6.79 Å². The van der Waals surface area contributed by atoms with Gasteiger partial charge in [-0.3, -0.25) is 4.79 Å². The molecule has 0 saturated carbocycles. The summed E-state index contributed by atoms with van der Waals surface area (Å²) in [6, 6.07) is 8.96. The highest BCUT2D eigenvalue weighted by molar-refractivity contribution is 7.10. The molecule has 1 aromatic carbocycles. The molecule has 3 N–H and O–H groups in total. The van der Waals surface area contributed by atoms with Crippen LogP contribution in [-0.4, -0.2) is 35.1 Å². The number of nitrogens with one attached hydrogen (secondary N) is 1. The van der Waals surface area contributed by atoms with Crippen LogP contribution in [0.3, 0.4) is 0 Å². The number of rotatable bonds is 6. The first kappa shape index (κ1) is 23.0. The molecule has 8 nitrogen and oxygen atoms in total. The van der Waals surface area contributed by atoms with Gasteiger partial charge in [-0.1, -0.05) is 6.07 Å². The molecule has 30 heavy (non-hydrogen) atoms. The van der Waals surface area contributed by atoms with Crippen LogP contribution in [0.1, 0.15) is 28.5 Å². The zero-order chi connectivity index (χ0) is 22.3. The van der Waals surface area contributed by atoms with E-state index in [1.165, 1.54) is 11.3 Å². The Morgan fingerprint density at radius 3 is 2.47 bits per heavy atom. The Hall–Kier alpha value is -3.30. The number of carbonyl (C=O) groups is 2. The molecular formula is C18H15F3N2O6S. The van der Waals surface area contributed by atoms with Gasteiger partial charge in [0.25, 0.3) is 0 Å². The summed E-state index contributed by atoms with van der Waals surface area (Å²) in [6.07, 6.45) is -5.13. The summed E-state index contributed by atoms with van der Waals surface area (Å²) in [6.45, 7) is 0.681. The number of fused-ring (bicyclic) bond motifs is 1. The number of nitriles is 1. The summed E-state index contributed by atoms with van der Waals surface area (Å²) in [7, 11) is 0. The van der Waals surface area contributed by atoms with Crippen molar-refractivity contribution in [3.05, 3.63) is 45.6 Å². The van der Waals surface area contributed by atoms with E-state index in [-0.39, 0.29) is 19.3 Å². The fraction of sp³-hybridized carbons (Fsp3) is 0.278. The second kappa shape index (κ2) is 9.95. The Bertz CT molecular complexity index is 954. The smallest absolute Gasteiger partial charge is 0.481 e. The van der Waals surface area contributed by atoms with E-state index < -0.39 is 18.1 Å². The first-order valence-electron chi connectivity index (χ1n) is 8.22. The molecule has 0 amide bonds. The van der Waals surface area contributed by atoms with Crippen LogP contribution in [-0.2, 0) is 16.1 Å². The van der Waals surface area contributed by atoms with Crippen molar-refractivity contribution in [1.29, 1.82) is 5.26 Å². The van der Waals surface area contributed by atoms with Gasteiger partial charge in [0, 0.05) is 22.8 Å². The molecule has 2 heterocycles. The van der Waals surface area contributed by atoms with E-state index in [4.69, 9.17) is 29.7 Å². The third kappa shape index (κ3) is 6.64. The zero-order valence-electron chi connectivity index (χ0n) is 15.1. The highest BCUT2D eigenvalue weighted by Gasteiger charge is 2.38. The predicted molar refractivity (Wildman–Crippen MR) is 97.1 cm³/mol. The molecule has 12 heteroatoms. The number of carboxylic acids is 2. The fourth-order valence-corrected chi connectivity index (χ4v) is 3.13. The lowest BCUT2D eigenvalue weighted by atomic mass is 10.0. The molecule has 1 atom stereocenters. The van der Waals surface area contributed by atoms with Crippen LogP contribution in [0.4, 0.5) is 13.2 Å². The number of aliphatic carboxylic acids is 2. The minimum absolute atomic E-state index is 0.0455. The maximum absolute atomic E-state index is 11.1. The number of halogens is 3. The zero-order valence-corrected chi connectivity index (χ0v) is 15.9. The number of carboxylic acid groups (broad SMARTS) is 2. The normalized spacial score (nSPS) is 13.0. The predicted octanol–water partition coefficient (Wildman–Crippen LogP) is 3.29. The summed E-state index contributed by atoms with van der Waals surface area (Å²) in [5.74, 6) is -2.35. The number of ether oxygens (including phenoxy) is 2. The molecular weight excluding hydrogens is 429 g/mol. The second-order valence-electron chi connectivity index (χ2n) is 5.86. The monoisotopic (exact) mass is 444 g/mol. The van der Waals surface area contributed by atoms with Crippen molar-refractivity contribution in [2.24, 2.45) is 0 Å². The average Bonchev–Trinajstić information content (AvgIpc) is 3.32. The minimum atomic E-state index is -5.08. The third-order valence-corrected chi connectivity index (χ3v) is 4.66. The first-order chi connectivity index (χ1) is 14.1. The van der Waals surface area contributed by atoms with E-state index in [0.29, 0.717) is 23.6 Å². The summed E-state index contributed by atoms with van der Waals surface area (Å²) >= 11 is 1.47. The van der Waals surface area contributed by atoms with Crippen molar-refractivity contribution in [3.8, 4) is 17.6 Å². The summed E-state index contributed by atoms with van der Waals surface area (Å²) < 4.78 is 42.4. The molecule has 0 bridgehead atoms. The molecule has 0 spiro atoms. The van der Waals surface area contributed by atoms with Gasteiger partial charge in [0.1, 0.15) is 6.07 Å². The highest BCUT2D eigenvalue weighted by Crippen LogP contribution is 2.35. The van der Waals surface area contributed by atoms with Gasteiger partial charge in [0.2, 0.25) is 6.79 Å². The van der Waals surface area contributed by atoms with E-state index in [1.54, 1.807) is 23.6 Å². The van der Waals surface area contributed by atoms with Crippen LogP contribution in [0, 0.1) is 11.3 Å². The van der Waals surface area contributed by atoms with Gasteiger partial charge in [-0.2, -0.15) is 18.4 Å². The standard InChI is InChI=1S/C16H14N2O4S.C2HF3O2/c17-6-10-3-12(23-8-10)7-18-13(5-16(19)20)11-1-2-14-15(4-11)22-9-21-14;3-2(4,5)1(6)7/h1-4,8,13,18H,5,7,9H2,(H,19,20);(H,6,7)/t13-;/m0./s1. The van der Waals surface area contributed by atoms with Gasteiger partial charge >= 0.3 is 18.1 Å². The first-order valence-corrected chi connectivity index (χ1v) is 9.10. The third-order valence-electron chi connectivity index (χ3n) is 3.73. The maximum atomic E-state index is 11.1. The van der Waals surface area contributed by atoms with Gasteiger partial charge in [0.05, 0.1) is 12.0 Å².